The molecular weight excluding hydrogens is 283 g/mol. The number of H-pyrrole nitrogens is 1. The molecule has 6 heteroatoms. The second-order valence-corrected chi connectivity index (χ2v) is 5.17. The molecule has 0 saturated heterocycles. The predicted molar refractivity (Wildman–Crippen MR) is 80.8 cm³/mol. The number of halogens is 1. The van der Waals surface area contributed by atoms with Crippen molar-refractivity contribution in [3.8, 4) is 0 Å². The smallest absolute Gasteiger partial charge is 0.254 e. The lowest BCUT2D eigenvalue weighted by molar-refractivity contribution is 0.0743. The van der Waals surface area contributed by atoms with Crippen molar-refractivity contribution in [2.45, 2.75) is 13.0 Å². The van der Waals surface area contributed by atoms with Gasteiger partial charge in [-0.1, -0.05) is 12.1 Å². The van der Waals surface area contributed by atoms with Crippen LogP contribution in [-0.2, 0) is 0 Å². The van der Waals surface area contributed by atoms with Crippen LogP contribution >= 0.6 is 0 Å². The third-order valence-electron chi connectivity index (χ3n) is 3.82. The molecule has 1 N–H and O–H groups in total. The Kier molecular flexibility index (Phi) is 3.58. The van der Waals surface area contributed by atoms with Crippen molar-refractivity contribution in [3.05, 3.63) is 59.4 Å². The van der Waals surface area contributed by atoms with E-state index in [9.17, 15) is 9.18 Å². The normalized spacial score (nSPS) is 12.3. The van der Waals surface area contributed by atoms with Gasteiger partial charge in [0, 0.05) is 12.6 Å². The molecule has 1 heterocycles. The zero-order valence-corrected chi connectivity index (χ0v) is 12.2. The van der Waals surface area contributed by atoms with Gasteiger partial charge in [-0.25, -0.2) is 4.39 Å². The number of aromatic nitrogens is 3. The van der Waals surface area contributed by atoms with Crippen LogP contribution < -0.4 is 0 Å². The fourth-order valence-corrected chi connectivity index (χ4v) is 2.32. The standard InChI is InChI=1S/C16H15FN4O/c1-10(11-3-6-13(17)7-4-11)21(2)16(22)12-5-8-14-15(9-12)19-20-18-14/h3-10H,1-2H3,(H,18,19,20)/t10-/m1/s1. The summed E-state index contributed by atoms with van der Waals surface area (Å²) >= 11 is 0. The number of carbonyl (C=O) groups is 1. The highest BCUT2D eigenvalue weighted by Crippen LogP contribution is 2.22. The third-order valence-corrected chi connectivity index (χ3v) is 3.82. The van der Waals surface area contributed by atoms with E-state index >= 15 is 0 Å². The SMILES string of the molecule is C[C@H](c1ccc(F)cc1)N(C)C(=O)c1ccc2n[nH]nc2c1. The summed E-state index contributed by atoms with van der Waals surface area (Å²) < 4.78 is 13.0. The molecule has 3 aromatic rings. The fraction of sp³-hybridized carbons (Fsp3) is 0.188. The Bertz CT molecular complexity index is 812. The molecule has 0 unspecified atom stereocenters. The number of amides is 1. The van der Waals surface area contributed by atoms with Gasteiger partial charge < -0.3 is 4.90 Å². The Morgan fingerprint density at radius 3 is 2.55 bits per heavy atom. The van der Waals surface area contributed by atoms with Crippen molar-refractivity contribution in [2.75, 3.05) is 7.05 Å². The molecule has 2 aromatic carbocycles. The van der Waals surface area contributed by atoms with Crippen LogP contribution in [0.2, 0.25) is 0 Å². The average molecular weight is 298 g/mol. The first-order valence-corrected chi connectivity index (χ1v) is 6.89. The Balaban J connectivity index is 1.85. The first kappa shape index (κ1) is 14.2. The van der Waals surface area contributed by atoms with E-state index in [1.54, 1.807) is 42.3 Å². The molecule has 0 fully saturated rings. The minimum Gasteiger partial charge on any atom is -0.335 e. The molecule has 1 amide bonds. The summed E-state index contributed by atoms with van der Waals surface area (Å²) in [5.41, 5.74) is 2.78. The van der Waals surface area contributed by atoms with Crippen molar-refractivity contribution in [2.24, 2.45) is 0 Å². The molecule has 112 valence electrons. The van der Waals surface area contributed by atoms with Crippen LogP contribution in [0.5, 0.6) is 0 Å². The van der Waals surface area contributed by atoms with Crippen molar-refractivity contribution in [1.29, 1.82) is 0 Å². The largest absolute Gasteiger partial charge is 0.335 e. The number of nitrogens with one attached hydrogen (secondary N) is 1. The average Bonchev–Trinajstić information content (AvgIpc) is 3.01. The van der Waals surface area contributed by atoms with Gasteiger partial charge in [-0.3, -0.25) is 4.79 Å². The lowest BCUT2D eigenvalue weighted by Gasteiger charge is -2.25. The number of fused-ring (bicyclic) bond motifs is 1. The molecule has 1 atom stereocenters. The van der Waals surface area contributed by atoms with E-state index in [1.165, 1.54) is 12.1 Å². The Hall–Kier alpha value is -2.76. The van der Waals surface area contributed by atoms with Gasteiger partial charge in [0.2, 0.25) is 0 Å². The Morgan fingerprint density at radius 1 is 1.14 bits per heavy atom. The molecule has 1 aromatic heterocycles. The number of hydrogen-bond donors (Lipinski definition) is 1. The van der Waals surface area contributed by atoms with Crippen molar-refractivity contribution in [3.63, 3.8) is 0 Å². The van der Waals surface area contributed by atoms with Gasteiger partial charge in [-0.2, -0.15) is 15.4 Å². The Morgan fingerprint density at radius 2 is 1.82 bits per heavy atom. The van der Waals surface area contributed by atoms with Crippen LogP contribution in [-0.4, -0.2) is 33.3 Å². The van der Waals surface area contributed by atoms with Gasteiger partial charge in [-0.15, -0.1) is 0 Å². The molecule has 0 aliphatic carbocycles. The monoisotopic (exact) mass is 298 g/mol. The predicted octanol–water partition coefficient (Wildman–Crippen LogP) is 2.93. The summed E-state index contributed by atoms with van der Waals surface area (Å²) in [7, 11) is 1.73. The molecular formula is C16H15FN4O. The quantitative estimate of drug-likeness (QED) is 0.808. The van der Waals surface area contributed by atoms with E-state index in [2.05, 4.69) is 15.4 Å². The number of rotatable bonds is 3. The molecule has 0 radical (unpaired) electrons. The minimum atomic E-state index is -0.290. The van der Waals surface area contributed by atoms with E-state index in [-0.39, 0.29) is 17.8 Å². The molecule has 0 spiro atoms. The van der Waals surface area contributed by atoms with Gasteiger partial charge in [0.05, 0.1) is 6.04 Å². The van der Waals surface area contributed by atoms with Gasteiger partial charge in [-0.05, 0) is 42.8 Å². The molecule has 0 aliphatic rings. The van der Waals surface area contributed by atoms with Crippen LogP contribution in [0.15, 0.2) is 42.5 Å². The summed E-state index contributed by atoms with van der Waals surface area (Å²) in [6.45, 7) is 1.90. The zero-order chi connectivity index (χ0) is 15.7. The van der Waals surface area contributed by atoms with Gasteiger partial charge in [0.1, 0.15) is 16.9 Å². The second-order valence-electron chi connectivity index (χ2n) is 5.17. The zero-order valence-electron chi connectivity index (χ0n) is 12.2. The van der Waals surface area contributed by atoms with E-state index in [0.29, 0.717) is 16.6 Å². The van der Waals surface area contributed by atoms with Crippen LogP contribution in [0.3, 0.4) is 0 Å². The van der Waals surface area contributed by atoms with Crippen molar-refractivity contribution < 1.29 is 9.18 Å². The molecule has 22 heavy (non-hydrogen) atoms. The second kappa shape index (κ2) is 5.55. The van der Waals surface area contributed by atoms with Crippen molar-refractivity contribution >= 4 is 16.9 Å². The minimum absolute atomic E-state index is 0.123. The fourth-order valence-electron chi connectivity index (χ4n) is 2.32. The molecule has 3 rings (SSSR count). The highest BCUT2D eigenvalue weighted by molar-refractivity contribution is 5.97. The summed E-state index contributed by atoms with van der Waals surface area (Å²) in [4.78, 5) is 14.2. The third kappa shape index (κ3) is 2.55. The van der Waals surface area contributed by atoms with Crippen LogP contribution in [0.4, 0.5) is 4.39 Å². The molecule has 0 bridgehead atoms. The van der Waals surface area contributed by atoms with E-state index < -0.39 is 0 Å². The molecule has 0 aliphatic heterocycles. The topological polar surface area (TPSA) is 61.9 Å². The van der Waals surface area contributed by atoms with Gasteiger partial charge in [0.25, 0.3) is 5.91 Å². The van der Waals surface area contributed by atoms with Crippen molar-refractivity contribution in [1.82, 2.24) is 20.3 Å². The maximum Gasteiger partial charge on any atom is 0.254 e. The van der Waals surface area contributed by atoms with Gasteiger partial charge in [0.15, 0.2) is 0 Å². The van der Waals surface area contributed by atoms with E-state index in [4.69, 9.17) is 0 Å². The van der Waals surface area contributed by atoms with E-state index in [1.807, 2.05) is 6.92 Å². The lowest BCUT2D eigenvalue weighted by atomic mass is 10.1. The molecule has 5 nitrogen and oxygen atoms in total. The van der Waals surface area contributed by atoms with Crippen LogP contribution in [0.1, 0.15) is 28.9 Å². The first-order chi connectivity index (χ1) is 10.6. The lowest BCUT2D eigenvalue weighted by Crippen LogP contribution is -2.29. The summed E-state index contributed by atoms with van der Waals surface area (Å²) in [6.07, 6.45) is 0. The number of aromatic amines is 1. The maximum absolute atomic E-state index is 13.0. The summed E-state index contributed by atoms with van der Waals surface area (Å²) in [5.74, 6) is -0.414. The number of nitrogens with zero attached hydrogens (tertiary/aromatic N) is 3. The van der Waals surface area contributed by atoms with Crippen LogP contribution in [0, 0.1) is 5.82 Å². The summed E-state index contributed by atoms with van der Waals surface area (Å²) in [6, 6.07) is 11.2. The number of hydrogen-bond acceptors (Lipinski definition) is 3. The summed E-state index contributed by atoms with van der Waals surface area (Å²) in [5, 5.41) is 10.5. The first-order valence-electron chi connectivity index (χ1n) is 6.89. The number of benzene rings is 2. The van der Waals surface area contributed by atoms with Crippen LogP contribution in [0.25, 0.3) is 11.0 Å². The Labute approximate surface area is 126 Å². The van der Waals surface area contributed by atoms with Gasteiger partial charge >= 0.3 is 0 Å². The van der Waals surface area contributed by atoms with E-state index in [0.717, 1.165) is 5.56 Å². The highest BCUT2D eigenvalue weighted by Gasteiger charge is 2.19. The number of carbonyl (C=O) groups excluding carboxylic acids is 1. The molecule has 0 saturated carbocycles. The highest BCUT2D eigenvalue weighted by atomic mass is 19.1. The maximum atomic E-state index is 13.0.